The molecule has 0 fully saturated rings. The molecular weight excluding hydrogens is 235 g/mol. The minimum absolute atomic E-state index is 0.0166. The van der Waals surface area contributed by atoms with Crippen molar-refractivity contribution in [3.8, 4) is 11.6 Å². The third-order valence-corrected chi connectivity index (χ3v) is 1.87. The van der Waals surface area contributed by atoms with Crippen LogP contribution in [-0.2, 0) is 5.88 Å². The third-order valence-electron chi connectivity index (χ3n) is 1.58. The predicted molar refractivity (Wildman–Crippen MR) is 46.9 cm³/mol. The van der Waals surface area contributed by atoms with E-state index in [1.807, 2.05) is 0 Å². The van der Waals surface area contributed by atoms with Crippen LogP contribution in [0.2, 0.25) is 0 Å². The quantitative estimate of drug-likeness (QED) is 0.810. The van der Waals surface area contributed by atoms with E-state index in [4.69, 9.17) is 11.6 Å². The maximum Gasteiger partial charge on any atom is 0.574 e. The molecule has 0 aromatic carbocycles. The van der Waals surface area contributed by atoms with Crippen LogP contribution in [0.5, 0.6) is 11.6 Å². The van der Waals surface area contributed by atoms with Crippen LogP contribution in [0.15, 0.2) is 6.07 Å². The van der Waals surface area contributed by atoms with Crippen LogP contribution >= 0.6 is 11.6 Å². The van der Waals surface area contributed by atoms with Gasteiger partial charge in [-0.1, -0.05) is 0 Å². The highest BCUT2D eigenvalue weighted by Crippen LogP contribution is 2.29. The Morgan fingerprint density at radius 1 is 1.53 bits per heavy atom. The van der Waals surface area contributed by atoms with Crippen molar-refractivity contribution < 1.29 is 23.0 Å². The molecule has 84 valence electrons. The van der Waals surface area contributed by atoms with Crippen molar-refractivity contribution in [2.24, 2.45) is 0 Å². The lowest BCUT2D eigenvalue weighted by molar-refractivity contribution is -0.276. The summed E-state index contributed by atoms with van der Waals surface area (Å²) in [5.74, 6) is -1.08. The highest BCUT2D eigenvalue weighted by Gasteiger charge is 2.33. The Bertz CT molecular complexity index is 368. The fourth-order valence-corrected chi connectivity index (χ4v) is 1.10. The Morgan fingerprint density at radius 3 is 2.60 bits per heavy atom. The van der Waals surface area contributed by atoms with Gasteiger partial charge in [-0.25, -0.2) is 4.98 Å². The molecule has 0 aliphatic carbocycles. The first-order valence-electron chi connectivity index (χ1n) is 3.84. The zero-order valence-corrected chi connectivity index (χ0v) is 8.35. The number of hydrogen-bond donors (Lipinski definition) is 1. The van der Waals surface area contributed by atoms with Crippen molar-refractivity contribution >= 4 is 11.6 Å². The number of ether oxygens (including phenoxy) is 1. The standard InChI is InChI=1S/C8H7ClF3NO2/c1-4-6(14)2-5(3-9)7(13-4)15-8(10,11)12/h2,14H,3H2,1H3. The number of hydrogen-bond acceptors (Lipinski definition) is 3. The van der Waals surface area contributed by atoms with E-state index in [1.54, 1.807) is 0 Å². The van der Waals surface area contributed by atoms with E-state index in [-0.39, 0.29) is 22.9 Å². The summed E-state index contributed by atoms with van der Waals surface area (Å²) in [5.41, 5.74) is 0.0280. The molecule has 0 bridgehead atoms. The molecule has 0 saturated carbocycles. The fraction of sp³-hybridized carbons (Fsp3) is 0.375. The van der Waals surface area contributed by atoms with Crippen molar-refractivity contribution in [3.63, 3.8) is 0 Å². The molecule has 7 heteroatoms. The Morgan fingerprint density at radius 2 is 2.13 bits per heavy atom. The van der Waals surface area contributed by atoms with Crippen LogP contribution < -0.4 is 4.74 Å². The zero-order valence-electron chi connectivity index (χ0n) is 7.60. The molecule has 0 radical (unpaired) electrons. The fourth-order valence-electron chi connectivity index (χ4n) is 0.906. The van der Waals surface area contributed by atoms with Crippen LogP contribution in [0.4, 0.5) is 13.2 Å². The smallest absolute Gasteiger partial charge is 0.506 e. The van der Waals surface area contributed by atoms with Crippen LogP contribution in [0.25, 0.3) is 0 Å². The monoisotopic (exact) mass is 241 g/mol. The third kappa shape index (κ3) is 3.16. The van der Waals surface area contributed by atoms with E-state index in [1.165, 1.54) is 6.92 Å². The summed E-state index contributed by atoms with van der Waals surface area (Å²) in [6.07, 6.45) is -4.82. The Kier molecular flexibility index (Phi) is 3.28. The summed E-state index contributed by atoms with van der Waals surface area (Å²) in [5, 5.41) is 9.20. The predicted octanol–water partition coefficient (Wildman–Crippen LogP) is 2.73. The topological polar surface area (TPSA) is 42.4 Å². The van der Waals surface area contributed by atoms with Crippen molar-refractivity contribution in [2.45, 2.75) is 19.2 Å². The van der Waals surface area contributed by atoms with E-state index >= 15 is 0 Å². The SMILES string of the molecule is Cc1nc(OC(F)(F)F)c(CCl)cc1O. The molecule has 1 N–H and O–H groups in total. The first kappa shape index (κ1) is 11.9. The van der Waals surface area contributed by atoms with E-state index in [2.05, 4.69) is 9.72 Å². The number of pyridine rings is 1. The summed E-state index contributed by atoms with van der Waals surface area (Å²) in [7, 11) is 0. The van der Waals surface area contributed by atoms with Crippen LogP contribution in [0, 0.1) is 6.92 Å². The molecule has 3 nitrogen and oxygen atoms in total. The van der Waals surface area contributed by atoms with Gasteiger partial charge in [-0.2, -0.15) is 0 Å². The molecule has 0 unspecified atom stereocenters. The average molecular weight is 242 g/mol. The first-order valence-corrected chi connectivity index (χ1v) is 4.38. The molecule has 15 heavy (non-hydrogen) atoms. The largest absolute Gasteiger partial charge is 0.574 e. The van der Waals surface area contributed by atoms with Gasteiger partial charge in [0.25, 0.3) is 0 Å². The van der Waals surface area contributed by atoms with E-state index < -0.39 is 12.2 Å². The highest BCUT2D eigenvalue weighted by atomic mass is 35.5. The molecular formula is C8H7ClF3NO2. The van der Waals surface area contributed by atoms with Crippen molar-refractivity contribution in [2.75, 3.05) is 0 Å². The number of nitrogens with zero attached hydrogens (tertiary/aromatic N) is 1. The van der Waals surface area contributed by atoms with Gasteiger partial charge < -0.3 is 9.84 Å². The number of alkyl halides is 4. The molecule has 1 heterocycles. The van der Waals surface area contributed by atoms with Gasteiger partial charge in [0.05, 0.1) is 11.6 Å². The first-order chi connectivity index (χ1) is 6.83. The molecule has 0 aliphatic rings. The molecule has 0 saturated heterocycles. The second-order valence-corrected chi connectivity index (χ2v) is 3.01. The molecule has 1 rings (SSSR count). The Balaban J connectivity index is 3.11. The number of halogens is 4. The van der Waals surface area contributed by atoms with Crippen LogP contribution in [0.3, 0.4) is 0 Å². The second kappa shape index (κ2) is 4.14. The van der Waals surface area contributed by atoms with Crippen LogP contribution in [-0.4, -0.2) is 16.5 Å². The minimum atomic E-state index is -4.82. The lowest BCUT2D eigenvalue weighted by atomic mass is 10.2. The zero-order chi connectivity index (χ0) is 11.6. The lowest BCUT2D eigenvalue weighted by Crippen LogP contribution is -2.19. The second-order valence-electron chi connectivity index (χ2n) is 2.74. The maximum absolute atomic E-state index is 11.9. The molecule has 0 spiro atoms. The van der Waals surface area contributed by atoms with Gasteiger partial charge in [0.15, 0.2) is 0 Å². The number of aromatic nitrogens is 1. The van der Waals surface area contributed by atoms with Gasteiger partial charge in [-0.05, 0) is 13.0 Å². The van der Waals surface area contributed by atoms with E-state index in [0.29, 0.717) is 0 Å². The molecule has 0 amide bonds. The summed E-state index contributed by atoms with van der Waals surface area (Å²) >= 11 is 5.39. The van der Waals surface area contributed by atoms with Crippen molar-refractivity contribution in [1.29, 1.82) is 0 Å². The van der Waals surface area contributed by atoms with Crippen molar-refractivity contribution in [3.05, 3.63) is 17.3 Å². The van der Waals surface area contributed by atoms with Gasteiger partial charge in [0.1, 0.15) is 5.75 Å². The summed E-state index contributed by atoms with van der Waals surface area (Å²) in [6, 6.07) is 1.09. The summed E-state index contributed by atoms with van der Waals surface area (Å²) in [4.78, 5) is 3.45. The Hall–Kier alpha value is -1.17. The van der Waals surface area contributed by atoms with Gasteiger partial charge in [0, 0.05) is 5.56 Å². The average Bonchev–Trinajstić information content (AvgIpc) is 2.08. The Labute approximate surface area is 88.5 Å². The summed E-state index contributed by atoms with van der Waals surface area (Å²) in [6.45, 7) is 1.36. The minimum Gasteiger partial charge on any atom is -0.506 e. The normalized spacial score (nSPS) is 11.5. The lowest BCUT2D eigenvalue weighted by Gasteiger charge is -2.12. The molecule has 0 atom stereocenters. The maximum atomic E-state index is 11.9. The number of rotatable bonds is 2. The van der Waals surface area contributed by atoms with Gasteiger partial charge >= 0.3 is 6.36 Å². The van der Waals surface area contributed by atoms with E-state index in [0.717, 1.165) is 6.07 Å². The number of aryl methyl sites for hydroxylation is 1. The number of aromatic hydroxyl groups is 1. The summed E-state index contributed by atoms with van der Waals surface area (Å²) < 4.78 is 39.4. The van der Waals surface area contributed by atoms with Gasteiger partial charge in [-0.3, -0.25) is 0 Å². The molecule has 1 aromatic rings. The van der Waals surface area contributed by atoms with Gasteiger partial charge in [-0.15, -0.1) is 24.8 Å². The highest BCUT2D eigenvalue weighted by molar-refractivity contribution is 6.17. The molecule has 1 aromatic heterocycles. The van der Waals surface area contributed by atoms with E-state index in [9.17, 15) is 18.3 Å². The van der Waals surface area contributed by atoms with Crippen molar-refractivity contribution in [1.82, 2.24) is 4.98 Å². The molecule has 0 aliphatic heterocycles. The van der Waals surface area contributed by atoms with Gasteiger partial charge in [0.2, 0.25) is 5.88 Å². The van der Waals surface area contributed by atoms with Crippen LogP contribution in [0.1, 0.15) is 11.3 Å².